The number of ether oxygens (including phenoxy) is 2. The fourth-order valence-electron chi connectivity index (χ4n) is 5.22. The van der Waals surface area contributed by atoms with Crippen LogP contribution in [0.25, 0.3) is 0 Å². The van der Waals surface area contributed by atoms with Crippen molar-refractivity contribution in [1.82, 2.24) is 9.88 Å². The van der Waals surface area contributed by atoms with Crippen molar-refractivity contribution >= 4 is 23.3 Å². The first-order valence-electron chi connectivity index (χ1n) is 12.0. The predicted octanol–water partition coefficient (Wildman–Crippen LogP) is 4.94. The van der Waals surface area contributed by atoms with Gasteiger partial charge >= 0.3 is 5.97 Å². The molecule has 3 atom stereocenters. The predicted molar refractivity (Wildman–Crippen MR) is 134 cm³/mol. The molecule has 10 heteroatoms. The third-order valence-electron chi connectivity index (χ3n) is 7.53. The van der Waals surface area contributed by atoms with Crippen molar-refractivity contribution in [2.24, 2.45) is 16.8 Å². The number of esters is 1. The smallest absolute Gasteiger partial charge is 0.336 e. The number of aliphatic imine (C=N–C) groups is 1. The Morgan fingerprint density at radius 1 is 1.16 bits per heavy atom. The number of rotatable bonds is 5. The van der Waals surface area contributed by atoms with E-state index in [9.17, 15) is 13.6 Å². The number of hydrogen-bond acceptors (Lipinski definition) is 6. The lowest BCUT2D eigenvalue weighted by Gasteiger charge is -2.40. The van der Waals surface area contributed by atoms with Crippen LogP contribution in [0.5, 0.6) is 0 Å². The molecule has 2 aliphatic heterocycles. The third-order valence-corrected chi connectivity index (χ3v) is 7.75. The number of hydrogen-bond donors (Lipinski definition) is 0. The highest BCUT2D eigenvalue weighted by Gasteiger charge is 2.48. The normalized spacial score (nSPS) is 25.0. The van der Waals surface area contributed by atoms with Crippen LogP contribution in [0.4, 0.5) is 13.2 Å². The molecule has 1 aromatic carbocycles. The van der Waals surface area contributed by atoms with Crippen molar-refractivity contribution in [2.45, 2.75) is 26.2 Å². The van der Waals surface area contributed by atoms with E-state index in [4.69, 9.17) is 26.1 Å². The van der Waals surface area contributed by atoms with Crippen molar-refractivity contribution in [1.29, 1.82) is 0 Å². The molecular formula is C27H29ClF3N3O3. The van der Waals surface area contributed by atoms with Gasteiger partial charge in [-0.1, -0.05) is 32.4 Å². The van der Waals surface area contributed by atoms with Gasteiger partial charge in [0, 0.05) is 42.1 Å². The van der Waals surface area contributed by atoms with Crippen molar-refractivity contribution in [2.75, 3.05) is 40.0 Å². The summed E-state index contributed by atoms with van der Waals surface area (Å²) in [7, 11) is 1.27. The first kappa shape index (κ1) is 27.3. The van der Waals surface area contributed by atoms with Crippen LogP contribution in [0.3, 0.4) is 0 Å². The molecular weight excluding hydrogens is 507 g/mol. The fourth-order valence-corrected chi connectivity index (χ4v) is 5.44. The van der Waals surface area contributed by atoms with Gasteiger partial charge in [-0.2, -0.15) is 0 Å². The van der Waals surface area contributed by atoms with Crippen LogP contribution < -0.4 is 0 Å². The Labute approximate surface area is 219 Å². The van der Waals surface area contributed by atoms with Crippen LogP contribution in [-0.2, 0) is 19.7 Å². The zero-order chi connectivity index (χ0) is 26.9. The van der Waals surface area contributed by atoms with Crippen molar-refractivity contribution < 1.29 is 27.4 Å². The van der Waals surface area contributed by atoms with Gasteiger partial charge in [-0.25, -0.2) is 22.9 Å². The molecule has 3 heterocycles. The molecule has 1 fully saturated rings. The summed E-state index contributed by atoms with van der Waals surface area (Å²) in [4.78, 5) is 24.4. The summed E-state index contributed by atoms with van der Waals surface area (Å²) in [5.74, 6) is -3.79. The number of halogens is 4. The second-order valence-electron chi connectivity index (χ2n) is 9.62. The van der Waals surface area contributed by atoms with Crippen LogP contribution in [-0.4, -0.2) is 61.5 Å². The van der Waals surface area contributed by atoms with Gasteiger partial charge in [0.05, 0.1) is 43.5 Å². The highest BCUT2D eigenvalue weighted by atomic mass is 35.5. The molecule has 0 radical (unpaired) electrons. The number of methoxy groups -OCH3 is 1. The lowest BCUT2D eigenvalue weighted by molar-refractivity contribution is -0.137. The van der Waals surface area contributed by atoms with Crippen LogP contribution in [0.2, 0.25) is 5.02 Å². The molecule has 37 heavy (non-hydrogen) atoms. The molecule has 1 saturated heterocycles. The van der Waals surface area contributed by atoms with Gasteiger partial charge < -0.3 is 9.47 Å². The number of carbonyl (C=O) groups excluding carboxylic acids is 1. The van der Waals surface area contributed by atoms with Gasteiger partial charge in [0.15, 0.2) is 5.82 Å². The third kappa shape index (κ3) is 5.30. The summed E-state index contributed by atoms with van der Waals surface area (Å²) in [6.07, 6.45) is 0.932. The Bertz CT molecular complexity index is 1240. The number of morpholine rings is 1. The lowest BCUT2D eigenvalue weighted by Crippen LogP contribution is -2.42. The molecule has 198 valence electrons. The summed E-state index contributed by atoms with van der Waals surface area (Å²) >= 11 is 6.25. The maximum absolute atomic E-state index is 15.0. The number of aromatic nitrogens is 1. The highest BCUT2D eigenvalue weighted by molar-refractivity contribution is 6.30. The molecule has 0 amide bonds. The van der Waals surface area contributed by atoms with Gasteiger partial charge in [-0.3, -0.25) is 9.89 Å². The van der Waals surface area contributed by atoms with Crippen LogP contribution in [0.15, 0.2) is 46.7 Å². The minimum Gasteiger partial charge on any atom is -0.466 e. The molecule has 0 aliphatic carbocycles. The van der Waals surface area contributed by atoms with Crippen molar-refractivity contribution in [3.63, 3.8) is 0 Å². The summed E-state index contributed by atoms with van der Waals surface area (Å²) in [6.45, 7) is 7.97. The van der Waals surface area contributed by atoms with E-state index in [1.54, 1.807) is 6.07 Å². The second-order valence-corrected chi connectivity index (χ2v) is 10.1. The number of pyridine rings is 1. The van der Waals surface area contributed by atoms with E-state index in [-0.39, 0.29) is 28.5 Å². The van der Waals surface area contributed by atoms with Crippen molar-refractivity contribution in [3.8, 4) is 0 Å². The topological polar surface area (TPSA) is 64.0 Å². The van der Waals surface area contributed by atoms with E-state index in [1.807, 2.05) is 20.8 Å². The van der Waals surface area contributed by atoms with Crippen LogP contribution in [0, 0.1) is 29.3 Å². The van der Waals surface area contributed by atoms with Crippen LogP contribution >= 0.6 is 11.6 Å². The minimum absolute atomic E-state index is 0.106. The van der Waals surface area contributed by atoms with E-state index >= 15 is 4.39 Å². The van der Waals surface area contributed by atoms with Gasteiger partial charge in [0.25, 0.3) is 0 Å². The highest BCUT2D eigenvalue weighted by Crippen LogP contribution is 2.48. The monoisotopic (exact) mass is 535 g/mol. The molecule has 3 unspecified atom stereocenters. The Morgan fingerprint density at radius 3 is 2.49 bits per heavy atom. The molecule has 2 aromatic rings. The Morgan fingerprint density at radius 2 is 1.86 bits per heavy atom. The molecule has 0 spiro atoms. The van der Waals surface area contributed by atoms with Gasteiger partial charge in [-0.05, 0) is 29.7 Å². The zero-order valence-corrected chi connectivity index (χ0v) is 21.9. The van der Waals surface area contributed by atoms with E-state index in [2.05, 4.69) is 9.88 Å². The second kappa shape index (κ2) is 10.9. The van der Waals surface area contributed by atoms with Crippen molar-refractivity contribution in [3.05, 3.63) is 75.5 Å². The summed E-state index contributed by atoms with van der Waals surface area (Å²) in [5, 5.41) is 0.173. The average Bonchev–Trinajstić information content (AvgIpc) is 2.93. The summed E-state index contributed by atoms with van der Waals surface area (Å²) in [5.41, 5.74) is 0.0442. The number of carbonyl (C=O) groups is 1. The Balaban J connectivity index is 2.02. The van der Waals surface area contributed by atoms with Gasteiger partial charge in [0.1, 0.15) is 17.3 Å². The molecule has 4 rings (SSSR count). The molecule has 2 aliphatic rings. The van der Waals surface area contributed by atoms with Gasteiger partial charge in [-0.15, -0.1) is 0 Å². The van der Waals surface area contributed by atoms with Gasteiger partial charge in [0.2, 0.25) is 0 Å². The SMILES string of the molecule is COC(=O)C1=C(CN2CCOCC2)N=C(c2ncc(F)cc2F)C(C)C(C)C1(C)c1cc(F)cc(Cl)c1. The first-order chi connectivity index (χ1) is 17.6. The van der Waals surface area contributed by atoms with E-state index in [0.717, 1.165) is 12.3 Å². The standard InChI is InChI=1S/C27H29ClF3N3O3/c1-15-16(2)27(3,17-9-18(28)11-19(29)10-17)23(26(35)36-4)22(14-34-5-7-37-8-6-34)33-24(15)25-21(31)12-20(30)13-32-25/h9-13,15-16H,5-8,14H2,1-4H3. The first-order valence-corrected chi connectivity index (χ1v) is 12.4. The quantitative estimate of drug-likeness (QED) is 0.507. The summed E-state index contributed by atoms with van der Waals surface area (Å²) < 4.78 is 54.0. The molecule has 0 N–H and O–H groups in total. The maximum atomic E-state index is 15.0. The Kier molecular flexibility index (Phi) is 8.06. The number of nitrogens with zero attached hydrogens (tertiary/aromatic N) is 3. The molecule has 0 saturated carbocycles. The van der Waals surface area contributed by atoms with Crippen LogP contribution in [0.1, 0.15) is 32.0 Å². The Hall–Kier alpha value is -2.75. The van der Waals surface area contributed by atoms with E-state index in [0.29, 0.717) is 37.6 Å². The molecule has 6 nitrogen and oxygen atoms in total. The molecule has 1 aromatic heterocycles. The number of benzene rings is 1. The maximum Gasteiger partial charge on any atom is 0.336 e. The summed E-state index contributed by atoms with van der Waals surface area (Å²) in [6, 6.07) is 4.90. The van der Waals surface area contributed by atoms with E-state index < -0.39 is 40.7 Å². The van der Waals surface area contributed by atoms with E-state index in [1.165, 1.54) is 19.2 Å². The lowest BCUT2D eigenvalue weighted by atomic mass is 9.62. The molecule has 0 bridgehead atoms. The largest absolute Gasteiger partial charge is 0.466 e. The fraction of sp³-hybridized carbons (Fsp3) is 0.444. The minimum atomic E-state index is -1.14. The zero-order valence-electron chi connectivity index (χ0n) is 21.2. The average molecular weight is 536 g/mol.